The number of hydrogen-bond donors (Lipinski definition) is 0. The van der Waals surface area contributed by atoms with Gasteiger partial charge in [0, 0.05) is 30.5 Å². The first-order chi connectivity index (χ1) is 13.4. The molecule has 0 bridgehead atoms. The van der Waals surface area contributed by atoms with Crippen molar-refractivity contribution < 1.29 is 12.9 Å². The lowest BCUT2D eigenvalue weighted by Gasteiger charge is -2.31. The molecule has 8 heteroatoms. The van der Waals surface area contributed by atoms with Gasteiger partial charge in [-0.3, -0.25) is 0 Å². The summed E-state index contributed by atoms with van der Waals surface area (Å²) < 4.78 is 33.3. The first-order valence-electron chi connectivity index (χ1n) is 9.36. The fourth-order valence-corrected chi connectivity index (χ4v) is 6.13. The lowest BCUT2D eigenvalue weighted by atomic mass is 9.96. The van der Waals surface area contributed by atoms with Gasteiger partial charge in [0.25, 0.3) is 0 Å². The van der Waals surface area contributed by atoms with Gasteiger partial charge in [-0.2, -0.15) is 20.6 Å². The molecule has 0 N–H and O–H groups in total. The number of piperidine rings is 1. The standard InChI is InChI=1S/C20H23N3O3S2/c1-14-5-6-18(15(2)10-14)28(24,25)23-8-3-4-16(12-23)11-19-21-20(22-26-19)17-7-9-27-13-17/h5-7,9-10,13,16H,3-4,8,11-12H2,1-2H3. The third-order valence-corrected chi connectivity index (χ3v) is 7.85. The van der Waals surface area contributed by atoms with E-state index in [1.165, 1.54) is 0 Å². The minimum Gasteiger partial charge on any atom is -0.339 e. The lowest BCUT2D eigenvalue weighted by molar-refractivity contribution is 0.247. The molecule has 0 amide bonds. The van der Waals surface area contributed by atoms with Crippen LogP contribution in [0.15, 0.2) is 44.4 Å². The molecule has 0 saturated carbocycles. The first-order valence-corrected chi connectivity index (χ1v) is 11.7. The summed E-state index contributed by atoms with van der Waals surface area (Å²) in [6, 6.07) is 7.44. The number of aryl methyl sites for hydroxylation is 2. The summed E-state index contributed by atoms with van der Waals surface area (Å²) in [4.78, 5) is 4.88. The molecule has 28 heavy (non-hydrogen) atoms. The number of nitrogens with zero attached hydrogens (tertiary/aromatic N) is 3. The van der Waals surface area contributed by atoms with Crippen LogP contribution in [0.2, 0.25) is 0 Å². The van der Waals surface area contributed by atoms with Crippen LogP contribution >= 0.6 is 11.3 Å². The summed E-state index contributed by atoms with van der Waals surface area (Å²) in [5, 5.41) is 8.00. The van der Waals surface area contributed by atoms with Gasteiger partial charge < -0.3 is 4.52 Å². The van der Waals surface area contributed by atoms with E-state index in [1.54, 1.807) is 21.7 Å². The molecule has 3 heterocycles. The molecule has 1 aliphatic heterocycles. The quantitative estimate of drug-likeness (QED) is 0.626. The monoisotopic (exact) mass is 417 g/mol. The third-order valence-electron chi connectivity index (χ3n) is 5.14. The molecule has 1 aliphatic rings. The molecule has 148 valence electrons. The van der Waals surface area contributed by atoms with E-state index in [9.17, 15) is 8.42 Å². The van der Waals surface area contributed by atoms with Gasteiger partial charge in [-0.1, -0.05) is 22.9 Å². The van der Waals surface area contributed by atoms with Gasteiger partial charge in [-0.15, -0.1) is 0 Å². The van der Waals surface area contributed by atoms with Crippen molar-refractivity contribution in [3.63, 3.8) is 0 Å². The van der Waals surface area contributed by atoms with Crippen molar-refractivity contribution in [3.8, 4) is 11.4 Å². The summed E-state index contributed by atoms with van der Waals surface area (Å²) in [5.41, 5.74) is 2.80. The van der Waals surface area contributed by atoms with Crippen molar-refractivity contribution in [3.05, 3.63) is 52.0 Å². The Labute approximate surface area is 169 Å². The van der Waals surface area contributed by atoms with E-state index >= 15 is 0 Å². The molecule has 1 unspecified atom stereocenters. The maximum atomic E-state index is 13.2. The van der Waals surface area contributed by atoms with Gasteiger partial charge in [0.1, 0.15) is 0 Å². The first kappa shape index (κ1) is 19.3. The van der Waals surface area contributed by atoms with Crippen molar-refractivity contribution in [2.24, 2.45) is 5.92 Å². The van der Waals surface area contributed by atoms with Gasteiger partial charge in [-0.05, 0) is 55.7 Å². The van der Waals surface area contributed by atoms with Crippen LogP contribution < -0.4 is 0 Å². The number of hydrogen-bond acceptors (Lipinski definition) is 6. The topological polar surface area (TPSA) is 76.3 Å². The van der Waals surface area contributed by atoms with Crippen molar-refractivity contribution in [2.75, 3.05) is 13.1 Å². The van der Waals surface area contributed by atoms with Crippen LogP contribution in [0.4, 0.5) is 0 Å². The lowest BCUT2D eigenvalue weighted by Crippen LogP contribution is -2.40. The number of benzene rings is 1. The molecule has 1 aromatic carbocycles. The van der Waals surface area contributed by atoms with Crippen LogP contribution in [-0.2, 0) is 16.4 Å². The highest BCUT2D eigenvalue weighted by molar-refractivity contribution is 7.89. The maximum absolute atomic E-state index is 13.2. The van der Waals surface area contributed by atoms with Gasteiger partial charge >= 0.3 is 0 Å². The molecular weight excluding hydrogens is 394 g/mol. The Morgan fingerprint density at radius 2 is 2.14 bits per heavy atom. The van der Waals surface area contributed by atoms with Crippen molar-refractivity contribution >= 4 is 21.4 Å². The number of aromatic nitrogens is 2. The Morgan fingerprint density at radius 3 is 2.89 bits per heavy atom. The van der Waals surface area contributed by atoms with Crippen LogP contribution in [0.25, 0.3) is 11.4 Å². The largest absolute Gasteiger partial charge is 0.339 e. The summed E-state index contributed by atoms with van der Waals surface area (Å²) >= 11 is 1.59. The molecule has 3 aromatic rings. The average molecular weight is 418 g/mol. The second-order valence-electron chi connectivity index (χ2n) is 7.37. The Morgan fingerprint density at radius 1 is 1.29 bits per heavy atom. The third kappa shape index (κ3) is 3.90. The van der Waals surface area contributed by atoms with Gasteiger partial charge in [-0.25, -0.2) is 8.42 Å². The predicted octanol–water partition coefficient (Wildman–Crippen LogP) is 4.06. The Hall–Kier alpha value is -2.03. The second-order valence-corrected chi connectivity index (χ2v) is 10.1. The average Bonchev–Trinajstić information content (AvgIpc) is 3.33. The summed E-state index contributed by atoms with van der Waals surface area (Å²) in [6.07, 6.45) is 2.38. The molecule has 0 spiro atoms. The molecule has 1 atom stereocenters. The van der Waals surface area contributed by atoms with Crippen LogP contribution in [-0.4, -0.2) is 36.0 Å². The molecule has 4 rings (SSSR count). The zero-order valence-electron chi connectivity index (χ0n) is 16.0. The van der Waals surface area contributed by atoms with Crippen LogP contribution in [0, 0.1) is 19.8 Å². The van der Waals surface area contributed by atoms with E-state index in [-0.39, 0.29) is 5.92 Å². The van der Waals surface area contributed by atoms with Crippen LogP contribution in [0.3, 0.4) is 0 Å². The highest BCUT2D eigenvalue weighted by Gasteiger charge is 2.32. The summed E-state index contributed by atoms with van der Waals surface area (Å²) in [7, 11) is -3.50. The fourth-order valence-electron chi connectivity index (χ4n) is 3.73. The van der Waals surface area contributed by atoms with Crippen molar-refractivity contribution in [2.45, 2.75) is 38.0 Å². The number of rotatable bonds is 5. The number of thiophene rings is 1. The molecule has 6 nitrogen and oxygen atoms in total. The molecular formula is C20H23N3O3S2. The van der Waals surface area contributed by atoms with Crippen molar-refractivity contribution in [1.29, 1.82) is 0 Å². The molecule has 1 saturated heterocycles. The van der Waals surface area contributed by atoms with Gasteiger partial charge in [0.15, 0.2) is 0 Å². The molecule has 1 fully saturated rings. The highest BCUT2D eigenvalue weighted by atomic mass is 32.2. The summed E-state index contributed by atoms with van der Waals surface area (Å²) in [5.74, 6) is 1.33. The zero-order chi connectivity index (χ0) is 19.7. The second kappa shape index (κ2) is 7.77. The smallest absolute Gasteiger partial charge is 0.243 e. The maximum Gasteiger partial charge on any atom is 0.243 e. The van der Waals surface area contributed by atoms with Gasteiger partial charge in [0.05, 0.1) is 4.90 Å². The van der Waals surface area contributed by atoms with E-state index in [4.69, 9.17) is 4.52 Å². The minimum absolute atomic E-state index is 0.171. The van der Waals surface area contributed by atoms with E-state index < -0.39 is 10.0 Å². The molecule has 2 aromatic heterocycles. The number of sulfonamides is 1. The molecule has 0 radical (unpaired) electrons. The normalized spacial score (nSPS) is 18.4. The van der Waals surface area contributed by atoms with Gasteiger partial charge in [0.2, 0.25) is 21.7 Å². The SMILES string of the molecule is Cc1ccc(S(=O)(=O)N2CCCC(Cc3nc(-c4ccsc4)no3)C2)c(C)c1. The zero-order valence-corrected chi connectivity index (χ0v) is 17.6. The van der Waals surface area contributed by atoms with Crippen LogP contribution in [0.1, 0.15) is 29.9 Å². The Kier molecular flexibility index (Phi) is 5.35. The fraction of sp³-hybridized carbons (Fsp3) is 0.400. The van der Waals surface area contributed by atoms with Crippen LogP contribution in [0.5, 0.6) is 0 Å². The van der Waals surface area contributed by atoms with E-state index in [0.717, 1.165) is 29.5 Å². The highest BCUT2D eigenvalue weighted by Crippen LogP contribution is 2.28. The van der Waals surface area contributed by atoms with Crippen molar-refractivity contribution in [1.82, 2.24) is 14.4 Å². The molecule has 0 aliphatic carbocycles. The van der Waals surface area contributed by atoms with E-state index in [1.807, 2.05) is 42.8 Å². The van der Waals surface area contributed by atoms with E-state index in [2.05, 4.69) is 10.1 Å². The Bertz CT molecular complexity index is 1060. The Balaban J connectivity index is 1.48. The minimum atomic E-state index is -3.50. The predicted molar refractivity (Wildman–Crippen MR) is 109 cm³/mol. The summed E-state index contributed by atoms with van der Waals surface area (Å²) in [6.45, 7) is 4.85. The van der Waals surface area contributed by atoms with E-state index in [0.29, 0.717) is 36.1 Å².